The first-order chi connectivity index (χ1) is 8.69. The third kappa shape index (κ3) is 2.68. The van der Waals surface area contributed by atoms with E-state index in [2.05, 4.69) is 28.6 Å². The van der Waals surface area contributed by atoms with Crippen molar-refractivity contribution >= 4 is 34.4 Å². The molecule has 1 aromatic heterocycles. The highest BCUT2D eigenvalue weighted by Crippen LogP contribution is 2.31. The van der Waals surface area contributed by atoms with Crippen LogP contribution in [0.5, 0.6) is 0 Å². The maximum atomic E-state index is 10.8. The molecule has 0 aromatic carbocycles. The number of aromatic nitrogens is 1. The van der Waals surface area contributed by atoms with Crippen LogP contribution in [0.4, 0.5) is 5.13 Å². The molecule has 2 rings (SSSR count). The first-order valence-corrected chi connectivity index (χ1v) is 7.49. The zero-order valence-electron chi connectivity index (χ0n) is 10.7. The standard InChI is InChI=1S/C12H18ClN3OS/c1-3-15(4-2)9-5-6-16(7-9)12-14-11(13)10(8-17)18-12/h8-9H,3-7H2,1-2H3. The predicted octanol–water partition coefficient (Wildman–Crippen LogP) is 2.53. The van der Waals surface area contributed by atoms with Gasteiger partial charge in [-0.1, -0.05) is 36.8 Å². The lowest BCUT2D eigenvalue weighted by Crippen LogP contribution is -2.37. The lowest BCUT2D eigenvalue weighted by Gasteiger charge is -2.25. The molecule has 1 saturated heterocycles. The minimum absolute atomic E-state index is 0.330. The molecule has 1 aliphatic heterocycles. The molecule has 0 aliphatic carbocycles. The Balaban J connectivity index is 2.05. The second kappa shape index (κ2) is 5.99. The summed E-state index contributed by atoms with van der Waals surface area (Å²) in [6.07, 6.45) is 1.93. The van der Waals surface area contributed by atoms with Gasteiger partial charge in [-0.2, -0.15) is 0 Å². The van der Waals surface area contributed by atoms with Crippen LogP contribution in [0.1, 0.15) is 29.9 Å². The van der Waals surface area contributed by atoms with E-state index in [1.807, 2.05) is 0 Å². The van der Waals surface area contributed by atoms with Crippen LogP contribution in [0.2, 0.25) is 5.15 Å². The Hall–Kier alpha value is -0.650. The first-order valence-electron chi connectivity index (χ1n) is 6.30. The van der Waals surface area contributed by atoms with Crippen molar-refractivity contribution in [2.45, 2.75) is 26.3 Å². The molecule has 6 heteroatoms. The molecule has 1 fully saturated rings. The van der Waals surface area contributed by atoms with Gasteiger partial charge in [0.2, 0.25) is 0 Å². The fourth-order valence-corrected chi connectivity index (χ4v) is 3.56. The summed E-state index contributed by atoms with van der Waals surface area (Å²) in [5, 5.41) is 1.20. The molecule has 0 spiro atoms. The number of carbonyl (C=O) groups is 1. The Kier molecular flexibility index (Phi) is 4.59. The molecule has 0 radical (unpaired) electrons. The zero-order valence-corrected chi connectivity index (χ0v) is 12.3. The maximum Gasteiger partial charge on any atom is 0.187 e. The van der Waals surface area contributed by atoms with Gasteiger partial charge < -0.3 is 4.90 Å². The molecule has 0 saturated carbocycles. The number of nitrogens with zero attached hydrogens (tertiary/aromatic N) is 3. The van der Waals surface area contributed by atoms with Gasteiger partial charge >= 0.3 is 0 Å². The van der Waals surface area contributed by atoms with Crippen molar-refractivity contribution in [2.75, 3.05) is 31.1 Å². The van der Waals surface area contributed by atoms with Gasteiger partial charge in [0.15, 0.2) is 16.6 Å². The van der Waals surface area contributed by atoms with Crippen molar-refractivity contribution in [1.29, 1.82) is 0 Å². The average Bonchev–Trinajstić information content (AvgIpc) is 2.97. The van der Waals surface area contributed by atoms with E-state index in [-0.39, 0.29) is 0 Å². The summed E-state index contributed by atoms with van der Waals surface area (Å²) in [7, 11) is 0. The van der Waals surface area contributed by atoms with E-state index in [0.29, 0.717) is 16.1 Å². The normalized spacial score (nSPS) is 19.8. The van der Waals surface area contributed by atoms with Crippen LogP contribution in [0.3, 0.4) is 0 Å². The van der Waals surface area contributed by atoms with Gasteiger partial charge in [0.25, 0.3) is 0 Å². The fraction of sp³-hybridized carbons (Fsp3) is 0.667. The Morgan fingerprint density at radius 1 is 1.56 bits per heavy atom. The highest BCUT2D eigenvalue weighted by Gasteiger charge is 2.28. The van der Waals surface area contributed by atoms with Crippen LogP contribution in [-0.2, 0) is 0 Å². The largest absolute Gasteiger partial charge is 0.346 e. The number of halogens is 1. The van der Waals surface area contributed by atoms with E-state index < -0.39 is 0 Å². The third-order valence-corrected chi connectivity index (χ3v) is 4.91. The van der Waals surface area contributed by atoms with Gasteiger partial charge in [-0.3, -0.25) is 9.69 Å². The number of carbonyl (C=O) groups excluding carboxylic acids is 1. The Morgan fingerprint density at radius 3 is 2.83 bits per heavy atom. The van der Waals surface area contributed by atoms with E-state index in [1.54, 1.807) is 0 Å². The van der Waals surface area contributed by atoms with Crippen LogP contribution >= 0.6 is 22.9 Å². The summed E-state index contributed by atoms with van der Waals surface area (Å²) in [6, 6.07) is 0.586. The molecule has 1 unspecified atom stereocenters. The maximum absolute atomic E-state index is 10.8. The van der Waals surface area contributed by atoms with E-state index in [0.717, 1.165) is 44.0 Å². The second-order valence-electron chi connectivity index (χ2n) is 4.38. The topological polar surface area (TPSA) is 36.4 Å². The number of thiazole rings is 1. The van der Waals surface area contributed by atoms with E-state index in [9.17, 15) is 4.79 Å². The molecule has 0 N–H and O–H groups in total. The van der Waals surface area contributed by atoms with Crippen LogP contribution < -0.4 is 4.90 Å². The Bertz CT molecular complexity index is 419. The number of hydrogen-bond acceptors (Lipinski definition) is 5. The summed E-state index contributed by atoms with van der Waals surface area (Å²) in [5.41, 5.74) is 0. The van der Waals surface area contributed by atoms with Gasteiger partial charge in [-0.15, -0.1) is 0 Å². The third-order valence-electron chi connectivity index (χ3n) is 3.47. The molecule has 18 heavy (non-hydrogen) atoms. The molecule has 1 aliphatic rings. The lowest BCUT2D eigenvalue weighted by atomic mass is 10.2. The predicted molar refractivity (Wildman–Crippen MR) is 76.1 cm³/mol. The minimum Gasteiger partial charge on any atom is -0.346 e. The van der Waals surface area contributed by atoms with Crippen molar-refractivity contribution in [3.8, 4) is 0 Å². The summed E-state index contributed by atoms with van der Waals surface area (Å²) in [5.74, 6) is 0. The molecule has 1 aromatic rings. The summed E-state index contributed by atoms with van der Waals surface area (Å²) in [4.78, 5) is 20.3. The molecule has 1 atom stereocenters. The van der Waals surface area contributed by atoms with E-state index >= 15 is 0 Å². The number of rotatable bonds is 5. The number of aldehydes is 1. The highest BCUT2D eigenvalue weighted by molar-refractivity contribution is 7.17. The quantitative estimate of drug-likeness (QED) is 0.780. The van der Waals surface area contributed by atoms with Gasteiger partial charge in [0, 0.05) is 19.1 Å². The van der Waals surface area contributed by atoms with Gasteiger partial charge in [0.05, 0.1) is 0 Å². The molecule has 2 heterocycles. The molecule has 0 bridgehead atoms. The first kappa shape index (κ1) is 13.8. The van der Waals surface area contributed by atoms with E-state index in [1.165, 1.54) is 11.3 Å². The van der Waals surface area contributed by atoms with Crippen molar-refractivity contribution < 1.29 is 4.79 Å². The fourth-order valence-electron chi connectivity index (χ4n) is 2.46. The Morgan fingerprint density at radius 2 is 2.28 bits per heavy atom. The van der Waals surface area contributed by atoms with Crippen molar-refractivity contribution in [3.05, 3.63) is 10.0 Å². The van der Waals surface area contributed by atoms with E-state index in [4.69, 9.17) is 11.6 Å². The molecule has 4 nitrogen and oxygen atoms in total. The summed E-state index contributed by atoms with van der Waals surface area (Å²) >= 11 is 7.29. The highest BCUT2D eigenvalue weighted by atomic mass is 35.5. The smallest absolute Gasteiger partial charge is 0.187 e. The van der Waals surface area contributed by atoms with Crippen LogP contribution in [0.15, 0.2) is 0 Å². The van der Waals surface area contributed by atoms with Crippen molar-refractivity contribution in [3.63, 3.8) is 0 Å². The second-order valence-corrected chi connectivity index (χ2v) is 5.75. The summed E-state index contributed by atoms with van der Waals surface area (Å²) < 4.78 is 0. The Labute approximate surface area is 117 Å². The lowest BCUT2D eigenvalue weighted by molar-refractivity contribution is 0.112. The molecule has 100 valence electrons. The number of hydrogen-bond donors (Lipinski definition) is 0. The van der Waals surface area contributed by atoms with Crippen molar-refractivity contribution in [2.24, 2.45) is 0 Å². The monoisotopic (exact) mass is 287 g/mol. The zero-order chi connectivity index (χ0) is 13.1. The molecule has 0 amide bonds. The molecular weight excluding hydrogens is 270 g/mol. The van der Waals surface area contributed by atoms with Crippen LogP contribution in [0, 0.1) is 0 Å². The van der Waals surface area contributed by atoms with Gasteiger partial charge in [-0.05, 0) is 19.5 Å². The van der Waals surface area contributed by atoms with Crippen LogP contribution in [0.25, 0.3) is 0 Å². The van der Waals surface area contributed by atoms with Crippen LogP contribution in [-0.4, -0.2) is 48.4 Å². The number of likely N-dealkylation sites (N-methyl/N-ethyl adjacent to an activating group) is 1. The SMILES string of the molecule is CCN(CC)C1CCN(c2nc(Cl)c(C=O)s2)C1. The van der Waals surface area contributed by atoms with Gasteiger partial charge in [-0.25, -0.2) is 4.98 Å². The van der Waals surface area contributed by atoms with Gasteiger partial charge in [0.1, 0.15) is 4.88 Å². The molecular formula is C12H18ClN3OS. The summed E-state index contributed by atoms with van der Waals surface area (Å²) in [6.45, 7) is 8.50. The minimum atomic E-state index is 0.330. The van der Waals surface area contributed by atoms with Crippen molar-refractivity contribution in [1.82, 2.24) is 9.88 Å². The number of anilines is 1. The average molecular weight is 288 g/mol.